The van der Waals surface area contributed by atoms with E-state index >= 15 is 0 Å². The summed E-state index contributed by atoms with van der Waals surface area (Å²) < 4.78 is 5.56. The van der Waals surface area contributed by atoms with Gasteiger partial charge in [0.1, 0.15) is 6.61 Å². The normalized spacial score (nSPS) is 31.7. The lowest BCUT2D eigenvalue weighted by molar-refractivity contribution is -0.152. The molecule has 0 radical (unpaired) electrons. The maximum atomic E-state index is 12.3. The first-order valence-corrected chi connectivity index (χ1v) is 9.26. The second-order valence-corrected chi connectivity index (χ2v) is 7.58. The number of carbonyl (C=O) groups is 2. The van der Waals surface area contributed by atoms with Gasteiger partial charge in [-0.25, -0.2) is 0 Å². The first-order valence-electron chi connectivity index (χ1n) is 9.26. The fraction of sp³-hybridized carbons (Fsp3) is 0.889. The Balaban J connectivity index is 1.34. The Hall–Kier alpha value is -1.10. The smallest absolute Gasteiger partial charge is 0.308 e. The molecule has 1 aliphatic heterocycles. The molecule has 3 aliphatic rings. The molecule has 5 heteroatoms. The average Bonchev–Trinajstić information content (AvgIpc) is 2.55. The minimum atomic E-state index is 0.0315. The van der Waals surface area contributed by atoms with E-state index in [1.165, 1.54) is 25.7 Å². The van der Waals surface area contributed by atoms with E-state index in [9.17, 15) is 9.59 Å². The molecule has 2 atom stereocenters. The zero-order valence-electron chi connectivity index (χ0n) is 14.3. The van der Waals surface area contributed by atoms with Crippen LogP contribution in [0.1, 0.15) is 45.4 Å². The van der Waals surface area contributed by atoms with Crippen molar-refractivity contribution in [1.82, 2.24) is 9.80 Å². The van der Waals surface area contributed by atoms with E-state index in [0.717, 1.165) is 57.4 Å². The summed E-state index contributed by atoms with van der Waals surface area (Å²) in [6.45, 7) is 6.23. The summed E-state index contributed by atoms with van der Waals surface area (Å²) in [4.78, 5) is 27.8. The quantitative estimate of drug-likeness (QED) is 0.742. The zero-order valence-corrected chi connectivity index (χ0v) is 14.3. The number of fused-ring (bicyclic) bond motifs is 2. The summed E-state index contributed by atoms with van der Waals surface area (Å²) in [5, 5.41) is 0. The molecule has 1 heterocycles. The van der Waals surface area contributed by atoms with Gasteiger partial charge in [-0.2, -0.15) is 0 Å². The van der Waals surface area contributed by atoms with Crippen LogP contribution in [0, 0.1) is 17.8 Å². The highest BCUT2D eigenvalue weighted by molar-refractivity contribution is 5.73. The van der Waals surface area contributed by atoms with Crippen LogP contribution in [0.2, 0.25) is 0 Å². The Kier molecular flexibility index (Phi) is 5.57. The van der Waals surface area contributed by atoms with Crippen molar-refractivity contribution >= 4 is 11.9 Å². The number of amides is 1. The molecule has 2 saturated carbocycles. The molecule has 2 aliphatic carbocycles. The first-order chi connectivity index (χ1) is 11.1. The predicted molar refractivity (Wildman–Crippen MR) is 87.8 cm³/mol. The van der Waals surface area contributed by atoms with Gasteiger partial charge in [-0.3, -0.25) is 14.5 Å². The fourth-order valence-electron chi connectivity index (χ4n) is 4.60. The molecule has 0 aromatic heterocycles. The summed E-state index contributed by atoms with van der Waals surface area (Å²) in [5.41, 5.74) is 0. The lowest BCUT2D eigenvalue weighted by Crippen LogP contribution is -2.48. The van der Waals surface area contributed by atoms with E-state index in [-0.39, 0.29) is 17.8 Å². The van der Waals surface area contributed by atoms with Crippen LogP contribution < -0.4 is 0 Å². The van der Waals surface area contributed by atoms with Crippen LogP contribution in [0.5, 0.6) is 0 Å². The highest BCUT2D eigenvalue weighted by Gasteiger charge is 2.35. The highest BCUT2D eigenvalue weighted by atomic mass is 16.5. The Morgan fingerprint density at radius 3 is 2.26 bits per heavy atom. The van der Waals surface area contributed by atoms with E-state index in [1.54, 1.807) is 6.92 Å². The molecular weight excluding hydrogens is 292 g/mol. The fourth-order valence-corrected chi connectivity index (χ4v) is 4.60. The largest absolute Gasteiger partial charge is 0.464 e. The predicted octanol–water partition coefficient (Wildman–Crippen LogP) is 1.91. The molecule has 0 N–H and O–H groups in total. The van der Waals surface area contributed by atoms with Crippen LogP contribution in [0.25, 0.3) is 0 Å². The summed E-state index contributed by atoms with van der Waals surface area (Å²) in [7, 11) is 0. The van der Waals surface area contributed by atoms with Gasteiger partial charge in [-0.15, -0.1) is 0 Å². The van der Waals surface area contributed by atoms with Gasteiger partial charge in [-0.05, 0) is 31.1 Å². The maximum Gasteiger partial charge on any atom is 0.308 e. The van der Waals surface area contributed by atoms with Crippen LogP contribution in [0.3, 0.4) is 0 Å². The van der Waals surface area contributed by atoms with Gasteiger partial charge >= 0.3 is 5.97 Å². The molecule has 130 valence electrons. The number of hydrogen-bond acceptors (Lipinski definition) is 4. The number of ether oxygens (including phenoxy) is 1. The van der Waals surface area contributed by atoms with Crippen molar-refractivity contribution in [1.29, 1.82) is 0 Å². The molecule has 5 nitrogen and oxygen atoms in total. The van der Waals surface area contributed by atoms with Gasteiger partial charge in [0.2, 0.25) is 5.91 Å². The van der Waals surface area contributed by atoms with Crippen LogP contribution >= 0.6 is 0 Å². The minimum absolute atomic E-state index is 0.0315. The number of rotatable bonds is 4. The number of esters is 1. The molecule has 1 saturated heterocycles. The van der Waals surface area contributed by atoms with Crippen molar-refractivity contribution in [3.05, 3.63) is 0 Å². The number of piperazine rings is 1. The molecule has 2 unspecified atom stereocenters. The summed E-state index contributed by atoms with van der Waals surface area (Å²) in [6, 6.07) is 0. The lowest BCUT2D eigenvalue weighted by Gasteiger charge is -2.38. The molecule has 0 aromatic rings. The summed E-state index contributed by atoms with van der Waals surface area (Å²) >= 11 is 0. The summed E-state index contributed by atoms with van der Waals surface area (Å²) in [6.07, 6.45) is 7.40. The van der Waals surface area contributed by atoms with Crippen molar-refractivity contribution in [3.8, 4) is 0 Å². The summed E-state index contributed by atoms with van der Waals surface area (Å²) in [5.74, 6) is 1.86. The van der Waals surface area contributed by atoms with Crippen molar-refractivity contribution in [3.63, 3.8) is 0 Å². The van der Waals surface area contributed by atoms with Gasteiger partial charge in [0.05, 0.1) is 5.92 Å². The van der Waals surface area contributed by atoms with Gasteiger partial charge in [0.15, 0.2) is 0 Å². The monoisotopic (exact) mass is 322 g/mol. The van der Waals surface area contributed by atoms with Gasteiger partial charge in [0, 0.05) is 39.6 Å². The van der Waals surface area contributed by atoms with E-state index in [4.69, 9.17) is 4.74 Å². The molecule has 0 spiro atoms. The third-order valence-electron chi connectivity index (χ3n) is 5.93. The van der Waals surface area contributed by atoms with Crippen LogP contribution in [-0.2, 0) is 14.3 Å². The van der Waals surface area contributed by atoms with Crippen LogP contribution in [-0.4, -0.2) is 61.0 Å². The van der Waals surface area contributed by atoms with E-state index in [0.29, 0.717) is 6.61 Å². The van der Waals surface area contributed by atoms with E-state index < -0.39 is 0 Å². The lowest BCUT2D eigenvalue weighted by atomic mass is 9.68. The average molecular weight is 322 g/mol. The van der Waals surface area contributed by atoms with Gasteiger partial charge in [0.25, 0.3) is 0 Å². The van der Waals surface area contributed by atoms with E-state index in [2.05, 4.69) is 4.90 Å². The second-order valence-electron chi connectivity index (χ2n) is 7.58. The van der Waals surface area contributed by atoms with E-state index in [1.807, 2.05) is 4.90 Å². The van der Waals surface area contributed by atoms with Crippen molar-refractivity contribution in [2.45, 2.75) is 45.4 Å². The SMILES string of the molecule is CC(=O)N1CCN(CCOC(=O)C2CC3CCCC(C3)C2)CC1. The Labute approximate surface area is 139 Å². The standard InChI is InChI=1S/C18H30N2O3/c1-14(21)20-7-5-19(6-8-20)9-10-23-18(22)17-12-15-3-2-4-16(11-15)13-17/h15-17H,2-13H2,1H3. The molecule has 2 bridgehead atoms. The Bertz CT molecular complexity index is 420. The molecule has 3 fully saturated rings. The van der Waals surface area contributed by atoms with Crippen LogP contribution in [0.15, 0.2) is 0 Å². The third kappa shape index (κ3) is 4.46. The Morgan fingerprint density at radius 2 is 1.65 bits per heavy atom. The molecule has 1 amide bonds. The van der Waals surface area contributed by atoms with Gasteiger partial charge < -0.3 is 9.64 Å². The number of nitrogens with zero attached hydrogens (tertiary/aromatic N) is 2. The number of carbonyl (C=O) groups excluding carboxylic acids is 2. The Morgan fingerprint density at radius 1 is 1.00 bits per heavy atom. The molecule has 3 rings (SSSR count). The minimum Gasteiger partial charge on any atom is -0.464 e. The highest BCUT2D eigenvalue weighted by Crippen LogP contribution is 2.42. The second kappa shape index (κ2) is 7.65. The van der Waals surface area contributed by atoms with Crippen molar-refractivity contribution < 1.29 is 14.3 Å². The topological polar surface area (TPSA) is 49.9 Å². The molecule has 0 aromatic carbocycles. The third-order valence-corrected chi connectivity index (χ3v) is 5.93. The molecular formula is C18H30N2O3. The molecule has 23 heavy (non-hydrogen) atoms. The van der Waals surface area contributed by atoms with Crippen LogP contribution in [0.4, 0.5) is 0 Å². The van der Waals surface area contributed by atoms with Gasteiger partial charge in [-0.1, -0.05) is 19.3 Å². The van der Waals surface area contributed by atoms with Crippen molar-refractivity contribution in [2.24, 2.45) is 17.8 Å². The number of hydrogen-bond donors (Lipinski definition) is 0. The zero-order chi connectivity index (χ0) is 16.2. The maximum absolute atomic E-state index is 12.3. The van der Waals surface area contributed by atoms with Crippen molar-refractivity contribution in [2.75, 3.05) is 39.3 Å². The first kappa shape index (κ1) is 16.7.